The summed E-state index contributed by atoms with van der Waals surface area (Å²) in [6.45, 7) is 5.40. The smallest absolute Gasteiger partial charge is 0.267 e. The van der Waals surface area contributed by atoms with Crippen molar-refractivity contribution < 1.29 is 28.6 Å². The van der Waals surface area contributed by atoms with Gasteiger partial charge in [-0.1, -0.05) is 0 Å². The predicted molar refractivity (Wildman–Crippen MR) is 143 cm³/mol. The van der Waals surface area contributed by atoms with Crippen LogP contribution in [0.15, 0.2) is 54.6 Å². The molecule has 0 aliphatic carbocycles. The van der Waals surface area contributed by atoms with E-state index in [0.717, 1.165) is 10.9 Å². The number of carbonyl (C=O) groups excluding carboxylic acids is 2. The molecule has 1 aliphatic rings. The zero-order chi connectivity index (χ0) is 27.9. The Labute approximate surface area is 224 Å². The summed E-state index contributed by atoms with van der Waals surface area (Å²) >= 11 is 0. The molecule has 202 valence electrons. The van der Waals surface area contributed by atoms with Gasteiger partial charge in [-0.15, -0.1) is 0 Å². The third-order valence-corrected chi connectivity index (χ3v) is 7.03. The molecule has 2 amide bonds. The van der Waals surface area contributed by atoms with Crippen LogP contribution in [-0.4, -0.2) is 46.6 Å². The van der Waals surface area contributed by atoms with Gasteiger partial charge in [0.05, 0.1) is 18.8 Å². The molecular weight excluding hydrogens is 503 g/mol. The van der Waals surface area contributed by atoms with Crippen molar-refractivity contribution in [2.75, 3.05) is 19.8 Å². The van der Waals surface area contributed by atoms with Crippen LogP contribution < -0.4 is 20.5 Å². The second kappa shape index (κ2) is 9.70. The molecule has 0 saturated heterocycles. The quantitative estimate of drug-likeness (QED) is 0.274. The van der Waals surface area contributed by atoms with Crippen LogP contribution in [0.1, 0.15) is 42.5 Å². The van der Waals surface area contributed by atoms with Crippen molar-refractivity contribution in [1.82, 2.24) is 15.3 Å². The Balaban J connectivity index is 1.45. The highest BCUT2D eigenvalue weighted by Gasteiger charge is 2.45. The Bertz CT molecular complexity index is 1580. The molecule has 0 spiro atoms. The number of hydrogen-bond acceptors (Lipinski definition) is 6. The molecule has 0 bridgehead atoms. The van der Waals surface area contributed by atoms with Gasteiger partial charge in [0.1, 0.15) is 46.3 Å². The summed E-state index contributed by atoms with van der Waals surface area (Å²) in [7, 11) is 0. The van der Waals surface area contributed by atoms with E-state index in [1.807, 2.05) is 25.1 Å². The number of nitrogens with one attached hydrogen (secondary N) is 2. The number of nitrogens with zero attached hydrogens (tertiary/aromatic N) is 1. The van der Waals surface area contributed by atoms with Crippen molar-refractivity contribution in [3.05, 3.63) is 77.4 Å². The van der Waals surface area contributed by atoms with Crippen LogP contribution in [0.3, 0.4) is 0 Å². The van der Waals surface area contributed by atoms with Gasteiger partial charge in [0.2, 0.25) is 5.91 Å². The number of H-pyrrole nitrogens is 1. The summed E-state index contributed by atoms with van der Waals surface area (Å²) < 4.78 is 25.0. The Morgan fingerprint density at radius 1 is 1.23 bits per heavy atom. The standard InChI is InChI=1S/C29H29FN4O5/c1-4-38-19-9-10-21-17(11-19)12-22(33-21)26(35)32-14-29(3,37)23-13-20-25(39-15-28(20,2)27(31)36)24(34-23)16-5-7-18(30)8-6-16/h5-13,33,37H,4,14-15H2,1-3H3,(H2,31,36)(H,32,35)/t28-,29-/m0/s1. The highest BCUT2D eigenvalue weighted by atomic mass is 19.1. The first-order valence-corrected chi connectivity index (χ1v) is 12.5. The number of amides is 2. The van der Waals surface area contributed by atoms with Crippen molar-refractivity contribution in [1.29, 1.82) is 0 Å². The van der Waals surface area contributed by atoms with E-state index in [9.17, 15) is 19.1 Å². The number of pyridine rings is 1. The van der Waals surface area contributed by atoms with Crippen molar-refractivity contribution in [3.63, 3.8) is 0 Å². The maximum atomic E-state index is 13.6. The van der Waals surface area contributed by atoms with Gasteiger partial charge in [0, 0.05) is 22.0 Å². The van der Waals surface area contributed by atoms with Crippen molar-refractivity contribution >= 4 is 22.7 Å². The average molecular weight is 533 g/mol. The number of aliphatic hydroxyl groups is 1. The van der Waals surface area contributed by atoms with Crippen LogP contribution in [-0.2, 0) is 15.8 Å². The molecule has 5 rings (SSSR count). The van der Waals surface area contributed by atoms with E-state index in [1.165, 1.54) is 31.2 Å². The van der Waals surface area contributed by atoms with E-state index in [4.69, 9.17) is 15.2 Å². The van der Waals surface area contributed by atoms with Gasteiger partial charge in [0.25, 0.3) is 5.91 Å². The summed E-state index contributed by atoms with van der Waals surface area (Å²) in [5, 5.41) is 15.0. The van der Waals surface area contributed by atoms with Crippen molar-refractivity contribution in [3.8, 4) is 22.8 Å². The number of benzene rings is 2. The summed E-state index contributed by atoms with van der Waals surface area (Å²) in [4.78, 5) is 33.1. The summed E-state index contributed by atoms with van der Waals surface area (Å²) in [5.41, 5.74) is 5.52. The van der Waals surface area contributed by atoms with E-state index in [0.29, 0.717) is 40.6 Å². The Morgan fingerprint density at radius 2 is 1.97 bits per heavy atom. The predicted octanol–water partition coefficient (Wildman–Crippen LogP) is 3.54. The van der Waals surface area contributed by atoms with E-state index >= 15 is 0 Å². The van der Waals surface area contributed by atoms with Crippen LogP contribution in [0.4, 0.5) is 4.39 Å². The molecule has 2 aromatic heterocycles. The van der Waals surface area contributed by atoms with Crippen LogP contribution in [0.25, 0.3) is 22.2 Å². The first kappa shape index (κ1) is 26.2. The largest absolute Gasteiger partial charge is 0.494 e. The SMILES string of the molecule is CCOc1ccc2[nH]c(C(=O)NC[C@](C)(O)c3cc4c(c(-c5ccc(F)cc5)n3)OC[C@]4(C)C(N)=O)cc2c1. The van der Waals surface area contributed by atoms with Crippen LogP contribution >= 0.6 is 0 Å². The number of nitrogens with two attached hydrogens (primary N) is 1. The lowest BCUT2D eigenvalue weighted by Gasteiger charge is -2.26. The van der Waals surface area contributed by atoms with Gasteiger partial charge in [0.15, 0.2) is 0 Å². The molecule has 0 saturated carbocycles. The number of hydrogen-bond donors (Lipinski definition) is 4. The van der Waals surface area contributed by atoms with Crippen molar-refractivity contribution in [2.24, 2.45) is 5.73 Å². The molecule has 10 heteroatoms. The number of carbonyl (C=O) groups is 2. The molecule has 9 nitrogen and oxygen atoms in total. The molecule has 0 fully saturated rings. The lowest BCUT2D eigenvalue weighted by Crippen LogP contribution is -2.41. The van der Waals surface area contributed by atoms with E-state index in [1.54, 1.807) is 19.1 Å². The molecule has 0 unspecified atom stereocenters. The van der Waals surface area contributed by atoms with E-state index in [-0.39, 0.29) is 18.8 Å². The molecule has 39 heavy (non-hydrogen) atoms. The Kier molecular flexibility index (Phi) is 6.51. The third kappa shape index (κ3) is 4.79. The number of halogens is 1. The zero-order valence-corrected chi connectivity index (χ0v) is 21.8. The molecule has 5 N–H and O–H groups in total. The molecule has 1 aliphatic heterocycles. The Morgan fingerprint density at radius 3 is 2.67 bits per heavy atom. The van der Waals surface area contributed by atoms with Gasteiger partial charge in [-0.05, 0) is 75.4 Å². The fourth-order valence-electron chi connectivity index (χ4n) is 4.59. The highest BCUT2D eigenvalue weighted by Crippen LogP contribution is 2.45. The number of ether oxygens (including phenoxy) is 2. The number of aromatic nitrogens is 2. The molecule has 4 aromatic rings. The topological polar surface area (TPSA) is 140 Å². The van der Waals surface area contributed by atoms with E-state index in [2.05, 4.69) is 15.3 Å². The van der Waals surface area contributed by atoms with E-state index < -0.39 is 28.6 Å². The summed E-state index contributed by atoms with van der Waals surface area (Å²) in [5.74, 6) is -0.394. The molecular formula is C29H29FN4O5. The minimum absolute atomic E-state index is 0.00126. The molecule has 0 radical (unpaired) electrons. The maximum Gasteiger partial charge on any atom is 0.267 e. The molecule has 3 heterocycles. The lowest BCUT2D eigenvalue weighted by molar-refractivity contribution is -0.123. The minimum Gasteiger partial charge on any atom is -0.494 e. The number of primary amides is 1. The monoisotopic (exact) mass is 532 g/mol. The van der Waals surface area contributed by atoms with Crippen molar-refractivity contribution in [2.45, 2.75) is 31.8 Å². The molecule has 2 aromatic carbocycles. The van der Waals surface area contributed by atoms with Crippen LogP contribution in [0.5, 0.6) is 11.5 Å². The third-order valence-electron chi connectivity index (χ3n) is 7.03. The Hall–Kier alpha value is -4.44. The lowest BCUT2D eigenvalue weighted by atomic mass is 9.82. The van der Waals surface area contributed by atoms with Gasteiger partial charge < -0.3 is 30.6 Å². The normalized spacial score (nSPS) is 17.8. The van der Waals surface area contributed by atoms with Gasteiger partial charge in [-0.25, -0.2) is 9.37 Å². The summed E-state index contributed by atoms with van der Waals surface area (Å²) in [6, 6.07) is 14.4. The first-order valence-electron chi connectivity index (χ1n) is 12.5. The van der Waals surface area contributed by atoms with Gasteiger partial charge >= 0.3 is 0 Å². The first-order chi connectivity index (χ1) is 18.5. The second-order valence-electron chi connectivity index (χ2n) is 10.0. The second-order valence-corrected chi connectivity index (χ2v) is 10.0. The van der Waals surface area contributed by atoms with Gasteiger partial charge in [-0.2, -0.15) is 0 Å². The van der Waals surface area contributed by atoms with Gasteiger partial charge in [-0.3, -0.25) is 9.59 Å². The maximum absolute atomic E-state index is 13.6. The number of aromatic amines is 1. The van der Waals surface area contributed by atoms with Crippen LogP contribution in [0.2, 0.25) is 0 Å². The zero-order valence-electron chi connectivity index (χ0n) is 21.8. The average Bonchev–Trinajstić information content (AvgIpc) is 3.49. The fraction of sp³-hybridized carbons (Fsp3) is 0.276. The molecule has 2 atom stereocenters. The fourth-order valence-corrected chi connectivity index (χ4v) is 4.59. The minimum atomic E-state index is -1.64. The summed E-state index contributed by atoms with van der Waals surface area (Å²) in [6.07, 6.45) is 0. The highest BCUT2D eigenvalue weighted by molar-refractivity contribution is 5.98. The number of rotatable bonds is 8. The number of fused-ring (bicyclic) bond motifs is 2. The van der Waals surface area contributed by atoms with Crippen LogP contribution in [0, 0.1) is 5.82 Å².